The molecule has 1 atom stereocenters. The van der Waals surface area contributed by atoms with Gasteiger partial charge in [-0.2, -0.15) is 0 Å². The van der Waals surface area contributed by atoms with E-state index in [0.717, 1.165) is 18.4 Å². The first-order chi connectivity index (χ1) is 7.71. The van der Waals surface area contributed by atoms with Crippen LogP contribution in [0.25, 0.3) is 0 Å². The van der Waals surface area contributed by atoms with Gasteiger partial charge in [0, 0.05) is 6.04 Å². The van der Waals surface area contributed by atoms with E-state index in [1.807, 2.05) is 20.0 Å². The Kier molecular flexibility index (Phi) is 5.26. The van der Waals surface area contributed by atoms with Gasteiger partial charge in [0.15, 0.2) is 11.6 Å². The maximum absolute atomic E-state index is 13.6. The fraction of sp³-hybridized carbons (Fsp3) is 0.538. The Morgan fingerprint density at radius 2 is 2.12 bits per heavy atom. The molecule has 0 amide bonds. The number of likely N-dealkylation sites (N-methyl/N-ethyl adjacent to an activating group) is 1. The van der Waals surface area contributed by atoms with Gasteiger partial charge in [-0.05, 0) is 44.5 Å². The van der Waals surface area contributed by atoms with E-state index in [2.05, 4.69) is 12.2 Å². The van der Waals surface area contributed by atoms with E-state index in [9.17, 15) is 4.39 Å². The highest BCUT2D eigenvalue weighted by molar-refractivity contribution is 5.29. The molecule has 0 radical (unpaired) electrons. The smallest absolute Gasteiger partial charge is 0.165 e. The zero-order valence-electron chi connectivity index (χ0n) is 10.2. The van der Waals surface area contributed by atoms with Gasteiger partial charge in [0.2, 0.25) is 0 Å². The van der Waals surface area contributed by atoms with Crippen LogP contribution in [0.2, 0.25) is 0 Å². The van der Waals surface area contributed by atoms with Crippen molar-refractivity contribution in [2.75, 3.05) is 13.7 Å². The molecule has 1 N–H and O–H groups in total. The molecule has 2 nitrogen and oxygen atoms in total. The van der Waals surface area contributed by atoms with Gasteiger partial charge in [-0.3, -0.25) is 0 Å². The molecule has 1 aromatic carbocycles. The Morgan fingerprint density at radius 3 is 2.62 bits per heavy atom. The van der Waals surface area contributed by atoms with Crippen molar-refractivity contribution < 1.29 is 9.13 Å². The highest BCUT2D eigenvalue weighted by Crippen LogP contribution is 2.19. The summed E-state index contributed by atoms with van der Waals surface area (Å²) < 4.78 is 18.7. The first-order valence-corrected chi connectivity index (χ1v) is 5.79. The molecule has 0 saturated carbocycles. The van der Waals surface area contributed by atoms with Crippen LogP contribution in [0.5, 0.6) is 5.75 Å². The van der Waals surface area contributed by atoms with Crippen LogP contribution in [0, 0.1) is 5.82 Å². The lowest BCUT2D eigenvalue weighted by atomic mass is 10.0. The number of hydrogen-bond acceptors (Lipinski definition) is 2. The Bertz CT molecular complexity index is 324. The van der Waals surface area contributed by atoms with Gasteiger partial charge < -0.3 is 10.1 Å². The Hall–Kier alpha value is -1.09. The zero-order valence-corrected chi connectivity index (χ0v) is 10.2. The van der Waals surface area contributed by atoms with E-state index < -0.39 is 0 Å². The molecule has 16 heavy (non-hydrogen) atoms. The molecule has 1 aromatic rings. The monoisotopic (exact) mass is 225 g/mol. The number of rotatable bonds is 6. The van der Waals surface area contributed by atoms with Gasteiger partial charge in [-0.25, -0.2) is 4.39 Å². The predicted octanol–water partition coefficient (Wildman–Crippen LogP) is 2.76. The average molecular weight is 225 g/mol. The first-order valence-electron chi connectivity index (χ1n) is 5.79. The minimum atomic E-state index is -0.273. The predicted molar refractivity (Wildman–Crippen MR) is 64.4 cm³/mol. The quantitative estimate of drug-likeness (QED) is 0.803. The summed E-state index contributed by atoms with van der Waals surface area (Å²) in [6.45, 7) is 4.46. The van der Waals surface area contributed by atoms with Crippen molar-refractivity contribution in [3.05, 3.63) is 29.6 Å². The van der Waals surface area contributed by atoms with Crippen LogP contribution in [0.3, 0.4) is 0 Å². The lowest BCUT2D eigenvalue weighted by Crippen LogP contribution is -2.26. The molecule has 0 aliphatic rings. The van der Waals surface area contributed by atoms with Crippen molar-refractivity contribution in [3.8, 4) is 5.75 Å². The summed E-state index contributed by atoms with van der Waals surface area (Å²) in [4.78, 5) is 0. The number of hydrogen-bond donors (Lipinski definition) is 1. The van der Waals surface area contributed by atoms with Crippen molar-refractivity contribution in [3.63, 3.8) is 0 Å². The third kappa shape index (κ3) is 3.49. The molecule has 0 aliphatic heterocycles. The summed E-state index contributed by atoms with van der Waals surface area (Å²) in [7, 11) is 1.93. The average Bonchev–Trinajstić information content (AvgIpc) is 2.29. The molecular weight excluding hydrogens is 205 g/mol. The van der Waals surface area contributed by atoms with E-state index in [1.54, 1.807) is 12.1 Å². The van der Waals surface area contributed by atoms with Gasteiger partial charge >= 0.3 is 0 Å². The molecule has 0 saturated heterocycles. The van der Waals surface area contributed by atoms with Crippen molar-refractivity contribution >= 4 is 0 Å². The lowest BCUT2D eigenvalue weighted by molar-refractivity contribution is 0.321. The minimum Gasteiger partial charge on any atom is -0.491 e. The molecular formula is C13H20FNO. The molecule has 0 spiro atoms. The number of halogens is 1. The Labute approximate surface area is 96.8 Å². The van der Waals surface area contributed by atoms with E-state index in [-0.39, 0.29) is 5.82 Å². The van der Waals surface area contributed by atoms with Gasteiger partial charge in [-0.1, -0.05) is 13.0 Å². The standard InChI is InChI=1S/C13H20FNO/c1-4-11(15-3)8-10-6-7-13(16-5-2)12(14)9-10/h6-7,9,11,15H,4-5,8H2,1-3H3. The minimum absolute atomic E-state index is 0.273. The number of nitrogens with one attached hydrogen (secondary N) is 1. The Morgan fingerprint density at radius 1 is 1.38 bits per heavy atom. The molecule has 90 valence electrons. The lowest BCUT2D eigenvalue weighted by Gasteiger charge is -2.14. The number of benzene rings is 1. The third-order valence-corrected chi connectivity index (χ3v) is 2.68. The van der Waals surface area contributed by atoms with Gasteiger partial charge in [0.05, 0.1) is 6.61 Å². The fourth-order valence-corrected chi connectivity index (χ4v) is 1.68. The summed E-state index contributed by atoms with van der Waals surface area (Å²) in [5.74, 6) is 0.0639. The van der Waals surface area contributed by atoms with E-state index >= 15 is 0 Å². The van der Waals surface area contributed by atoms with Crippen LogP contribution in [0.1, 0.15) is 25.8 Å². The second-order valence-electron chi connectivity index (χ2n) is 3.80. The third-order valence-electron chi connectivity index (χ3n) is 2.68. The summed E-state index contributed by atoms with van der Waals surface area (Å²) in [5, 5.41) is 3.21. The maximum Gasteiger partial charge on any atom is 0.165 e. The van der Waals surface area contributed by atoms with Crippen LogP contribution >= 0.6 is 0 Å². The molecule has 0 aliphatic carbocycles. The normalized spacial score (nSPS) is 12.5. The molecule has 1 unspecified atom stereocenters. The molecule has 1 rings (SSSR count). The highest BCUT2D eigenvalue weighted by Gasteiger charge is 2.08. The summed E-state index contributed by atoms with van der Waals surface area (Å²) in [5.41, 5.74) is 1.00. The molecule has 0 heterocycles. The topological polar surface area (TPSA) is 21.3 Å². The SMILES string of the molecule is CCOc1ccc(CC(CC)NC)cc1F. The zero-order chi connectivity index (χ0) is 12.0. The van der Waals surface area contributed by atoms with Gasteiger partial charge in [-0.15, -0.1) is 0 Å². The van der Waals surface area contributed by atoms with Crippen LogP contribution in [0.4, 0.5) is 4.39 Å². The fourth-order valence-electron chi connectivity index (χ4n) is 1.68. The van der Waals surface area contributed by atoms with Crippen molar-refractivity contribution in [2.45, 2.75) is 32.7 Å². The number of ether oxygens (including phenoxy) is 1. The Balaban J connectivity index is 2.72. The van der Waals surface area contributed by atoms with Gasteiger partial charge in [0.25, 0.3) is 0 Å². The van der Waals surface area contributed by atoms with Crippen LogP contribution < -0.4 is 10.1 Å². The van der Waals surface area contributed by atoms with Crippen LogP contribution in [0.15, 0.2) is 18.2 Å². The maximum atomic E-state index is 13.6. The second-order valence-corrected chi connectivity index (χ2v) is 3.80. The largest absolute Gasteiger partial charge is 0.491 e. The van der Waals surface area contributed by atoms with Crippen molar-refractivity contribution in [1.82, 2.24) is 5.32 Å². The van der Waals surface area contributed by atoms with E-state index in [1.165, 1.54) is 0 Å². The van der Waals surface area contributed by atoms with Gasteiger partial charge in [0.1, 0.15) is 0 Å². The first kappa shape index (κ1) is 13.0. The van der Waals surface area contributed by atoms with Crippen molar-refractivity contribution in [2.24, 2.45) is 0 Å². The molecule has 0 bridgehead atoms. The summed E-state index contributed by atoms with van der Waals surface area (Å²) in [6, 6.07) is 5.59. The van der Waals surface area contributed by atoms with Crippen LogP contribution in [-0.2, 0) is 6.42 Å². The van der Waals surface area contributed by atoms with Crippen LogP contribution in [-0.4, -0.2) is 19.7 Å². The van der Waals surface area contributed by atoms with E-state index in [0.29, 0.717) is 18.4 Å². The van der Waals surface area contributed by atoms with Crippen molar-refractivity contribution in [1.29, 1.82) is 0 Å². The second kappa shape index (κ2) is 6.48. The molecule has 3 heteroatoms. The molecule has 0 fully saturated rings. The highest BCUT2D eigenvalue weighted by atomic mass is 19.1. The summed E-state index contributed by atoms with van der Waals surface area (Å²) in [6.07, 6.45) is 1.88. The summed E-state index contributed by atoms with van der Waals surface area (Å²) >= 11 is 0. The molecule has 0 aromatic heterocycles. The van der Waals surface area contributed by atoms with E-state index in [4.69, 9.17) is 4.74 Å².